The third kappa shape index (κ3) is 4.52. The summed E-state index contributed by atoms with van der Waals surface area (Å²) in [5.41, 5.74) is 1.67. The van der Waals surface area contributed by atoms with Crippen LogP contribution in [-0.2, 0) is 13.1 Å². The van der Waals surface area contributed by atoms with Gasteiger partial charge in [0.2, 0.25) is 5.69 Å². The molecule has 6 heteroatoms. The number of pyridine rings is 2. The van der Waals surface area contributed by atoms with Crippen LogP contribution in [0, 0.1) is 0 Å². The van der Waals surface area contributed by atoms with Crippen molar-refractivity contribution in [2.45, 2.75) is 13.1 Å². The molecular formula is C16H18N4O2+2. The first kappa shape index (κ1) is 15.4. The Morgan fingerprint density at radius 1 is 0.864 bits per heavy atom. The number of oxime groups is 2. The van der Waals surface area contributed by atoms with Gasteiger partial charge in [-0.1, -0.05) is 10.3 Å². The Morgan fingerprint density at radius 3 is 2.32 bits per heavy atom. The molecule has 112 valence electrons. The normalized spacial score (nSPS) is 11.8. The van der Waals surface area contributed by atoms with Crippen LogP contribution < -0.4 is 9.13 Å². The summed E-state index contributed by atoms with van der Waals surface area (Å²) < 4.78 is 3.98. The Hall–Kier alpha value is -3.02. The minimum Gasteiger partial charge on any atom is -0.411 e. The van der Waals surface area contributed by atoms with Crippen LogP contribution in [0.2, 0.25) is 0 Å². The molecule has 2 heterocycles. The van der Waals surface area contributed by atoms with Crippen molar-refractivity contribution in [3.05, 3.63) is 72.3 Å². The van der Waals surface area contributed by atoms with Gasteiger partial charge in [0.25, 0.3) is 0 Å². The second kappa shape index (κ2) is 8.31. The topological polar surface area (TPSA) is 72.9 Å². The van der Waals surface area contributed by atoms with Gasteiger partial charge in [-0.25, -0.2) is 4.57 Å². The number of allylic oxidation sites excluding steroid dienone is 2. The van der Waals surface area contributed by atoms with Crippen molar-refractivity contribution in [3.63, 3.8) is 0 Å². The Bertz CT molecular complexity index is 679. The maximum atomic E-state index is 8.63. The summed E-state index contributed by atoms with van der Waals surface area (Å²) in [7, 11) is 0. The van der Waals surface area contributed by atoms with Gasteiger partial charge in [-0.05, 0) is 18.2 Å². The van der Waals surface area contributed by atoms with Crippen LogP contribution in [0.3, 0.4) is 0 Å². The predicted molar refractivity (Wildman–Crippen MR) is 81.2 cm³/mol. The highest BCUT2D eigenvalue weighted by molar-refractivity contribution is 5.78. The van der Waals surface area contributed by atoms with Gasteiger partial charge >= 0.3 is 0 Å². The number of rotatable bonds is 6. The monoisotopic (exact) mass is 298 g/mol. The molecule has 0 saturated carbocycles. The van der Waals surface area contributed by atoms with Crippen LogP contribution >= 0.6 is 0 Å². The van der Waals surface area contributed by atoms with E-state index >= 15 is 0 Å². The molecule has 0 bridgehead atoms. The fraction of sp³-hybridized carbons (Fsp3) is 0.125. The van der Waals surface area contributed by atoms with Crippen LogP contribution in [0.4, 0.5) is 0 Å². The lowest BCUT2D eigenvalue weighted by molar-refractivity contribution is -0.691. The molecule has 0 radical (unpaired) electrons. The van der Waals surface area contributed by atoms with Crippen LogP contribution in [0.15, 0.2) is 71.4 Å². The SMILES string of the molecule is O/N=C/c1cc[n+](C/C=C/C[n+]2ccccc2/C=N/O)cc1. The third-order valence-electron chi connectivity index (χ3n) is 3.07. The van der Waals surface area contributed by atoms with Gasteiger partial charge in [-0.3, -0.25) is 0 Å². The summed E-state index contributed by atoms with van der Waals surface area (Å²) in [5.74, 6) is 0. The molecule has 0 saturated heterocycles. The van der Waals surface area contributed by atoms with E-state index in [-0.39, 0.29) is 0 Å². The molecule has 0 unspecified atom stereocenters. The molecule has 0 aliphatic carbocycles. The Labute approximate surface area is 128 Å². The van der Waals surface area contributed by atoms with Crippen molar-refractivity contribution < 1.29 is 19.5 Å². The highest BCUT2D eigenvalue weighted by atomic mass is 16.4. The van der Waals surface area contributed by atoms with Crippen molar-refractivity contribution in [2.24, 2.45) is 10.3 Å². The number of nitrogens with zero attached hydrogens (tertiary/aromatic N) is 4. The Morgan fingerprint density at radius 2 is 1.59 bits per heavy atom. The van der Waals surface area contributed by atoms with Crippen LogP contribution in [0.25, 0.3) is 0 Å². The Balaban J connectivity index is 1.93. The van der Waals surface area contributed by atoms with E-state index in [2.05, 4.69) is 16.4 Å². The van der Waals surface area contributed by atoms with Crippen molar-refractivity contribution in [3.8, 4) is 0 Å². The van der Waals surface area contributed by atoms with E-state index in [1.165, 1.54) is 12.4 Å². The van der Waals surface area contributed by atoms with Crippen LogP contribution in [0.5, 0.6) is 0 Å². The molecule has 2 rings (SSSR count). The molecule has 2 aromatic heterocycles. The maximum Gasteiger partial charge on any atom is 0.227 e. The molecule has 0 spiro atoms. The molecule has 0 aromatic carbocycles. The lowest BCUT2D eigenvalue weighted by Gasteiger charge is -1.95. The number of hydrogen-bond acceptors (Lipinski definition) is 4. The fourth-order valence-corrected chi connectivity index (χ4v) is 1.96. The third-order valence-corrected chi connectivity index (χ3v) is 3.07. The van der Waals surface area contributed by atoms with Crippen molar-refractivity contribution in [1.82, 2.24) is 0 Å². The van der Waals surface area contributed by atoms with Gasteiger partial charge in [-0.15, -0.1) is 0 Å². The minimum absolute atomic E-state index is 0.692. The lowest BCUT2D eigenvalue weighted by atomic mass is 10.3. The zero-order valence-corrected chi connectivity index (χ0v) is 12.0. The number of aromatic nitrogens is 2. The van der Waals surface area contributed by atoms with Gasteiger partial charge in [0.15, 0.2) is 31.7 Å². The molecule has 0 fully saturated rings. The summed E-state index contributed by atoms with van der Waals surface area (Å²) in [5, 5.41) is 23.1. The first-order valence-electron chi connectivity index (χ1n) is 6.81. The largest absolute Gasteiger partial charge is 0.411 e. The van der Waals surface area contributed by atoms with Crippen molar-refractivity contribution in [2.75, 3.05) is 0 Å². The smallest absolute Gasteiger partial charge is 0.227 e. The number of hydrogen-bond donors (Lipinski definition) is 2. The lowest BCUT2D eigenvalue weighted by Crippen LogP contribution is -2.37. The molecule has 0 aliphatic rings. The quantitative estimate of drug-likeness (QED) is 0.276. The van der Waals surface area contributed by atoms with Crippen LogP contribution in [0.1, 0.15) is 11.3 Å². The van der Waals surface area contributed by atoms with Crippen LogP contribution in [-0.4, -0.2) is 22.8 Å². The van der Waals surface area contributed by atoms with Crippen molar-refractivity contribution >= 4 is 12.4 Å². The van der Waals surface area contributed by atoms with E-state index in [0.29, 0.717) is 6.54 Å². The molecule has 22 heavy (non-hydrogen) atoms. The zero-order chi connectivity index (χ0) is 15.6. The van der Waals surface area contributed by atoms with E-state index in [1.807, 2.05) is 64.1 Å². The first-order chi connectivity index (χ1) is 10.8. The summed E-state index contributed by atoms with van der Waals surface area (Å²) in [6.45, 7) is 1.44. The predicted octanol–water partition coefficient (Wildman–Crippen LogP) is 1.13. The second-order valence-electron chi connectivity index (χ2n) is 4.57. The van der Waals surface area contributed by atoms with Gasteiger partial charge in [0.05, 0.1) is 6.21 Å². The summed E-state index contributed by atoms with van der Waals surface area (Å²) >= 11 is 0. The summed E-state index contributed by atoms with van der Waals surface area (Å²) in [6, 6.07) is 9.44. The average Bonchev–Trinajstić information content (AvgIpc) is 2.55. The average molecular weight is 298 g/mol. The van der Waals surface area contributed by atoms with E-state index in [1.54, 1.807) is 0 Å². The van der Waals surface area contributed by atoms with Gasteiger partial charge in [0, 0.05) is 29.8 Å². The van der Waals surface area contributed by atoms with Gasteiger partial charge < -0.3 is 10.4 Å². The molecule has 6 nitrogen and oxygen atoms in total. The summed E-state index contributed by atoms with van der Waals surface area (Å²) in [4.78, 5) is 0. The standard InChI is InChI=1S/C16H16N4O2/c21-17-13-15-6-11-19(12-7-15)8-3-4-10-20-9-2-1-5-16(20)14-18-22/h1-7,9,11-14H,8,10H2/p+2/b4-3+. The minimum atomic E-state index is 0.692. The van der Waals surface area contributed by atoms with E-state index in [0.717, 1.165) is 17.8 Å². The van der Waals surface area contributed by atoms with E-state index in [9.17, 15) is 0 Å². The molecule has 0 atom stereocenters. The molecule has 0 aliphatic heterocycles. The van der Waals surface area contributed by atoms with Crippen molar-refractivity contribution in [1.29, 1.82) is 0 Å². The summed E-state index contributed by atoms with van der Waals surface area (Å²) in [6.07, 6.45) is 12.7. The first-order valence-corrected chi connectivity index (χ1v) is 6.81. The zero-order valence-electron chi connectivity index (χ0n) is 12.0. The molecule has 2 N–H and O–H groups in total. The Kier molecular flexibility index (Phi) is 5.80. The second-order valence-corrected chi connectivity index (χ2v) is 4.57. The van der Waals surface area contributed by atoms with E-state index < -0.39 is 0 Å². The highest BCUT2D eigenvalue weighted by Crippen LogP contribution is 1.91. The molecular weight excluding hydrogens is 280 g/mol. The van der Waals surface area contributed by atoms with Gasteiger partial charge in [-0.2, -0.15) is 4.57 Å². The molecule has 2 aromatic rings. The maximum absolute atomic E-state index is 8.63. The van der Waals surface area contributed by atoms with E-state index in [4.69, 9.17) is 10.4 Å². The molecule has 0 amide bonds. The fourth-order valence-electron chi connectivity index (χ4n) is 1.96. The highest BCUT2D eigenvalue weighted by Gasteiger charge is 2.04. The van der Waals surface area contributed by atoms with Gasteiger partial charge in [0.1, 0.15) is 6.21 Å².